The number of ether oxygens (including phenoxy) is 1. The lowest BCUT2D eigenvalue weighted by Gasteiger charge is -2.24. The summed E-state index contributed by atoms with van der Waals surface area (Å²) in [5.41, 5.74) is 1.64. The summed E-state index contributed by atoms with van der Waals surface area (Å²) >= 11 is 0. The van der Waals surface area contributed by atoms with Crippen LogP contribution < -0.4 is 10.6 Å². The highest BCUT2D eigenvalue weighted by Gasteiger charge is 2.12. The van der Waals surface area contributed by atoms with Gasteiger partial charge in [-0.1, -0.05) is 6.42 Å². The molecule has 0 aliphatic carbocycles. The Morgan fingerprint density at radius 3 is 2.48 bits per heavy atom. The third-order valence-electron chi connectivity index (χ3n) is 3.36. The fourth-order valence-corrected chi connectivity index (χ4v) is 2.28. The maximum absolute atomic E-state index is 11.5. The van der Waals surface area contributed by atoms with Crippen molar-refractivity contribution in [1.82, 2.24) is 5.32 Å². The van der Waals surface area contributed by atoms with Gasteiger partial charge in [-0.2, -0.15) is 0 Å². The molecule has 0 spiro atoms. The third-order valence-corrected chi connectivity index (χ3v) is 3.36. The number of anilines is 1. The SMILES string of the molecule is CC(=O)O.CCOC(=O)c1ccc(NCC2CCCCN2)cc1. The molecule has 1 saturated heterocycles. The molecule has 1 aliphatic heterocycles. The maximum atomic E-state index is 11.5. The Bertz CT molecular complexity index is 478. The van der Waals surface area contributed by atoms with Gasteiger partial charge in [0.05, 0.1) is 12.2 Å². The normalized spacial score (nSPS) is 16.7. The second-order valence-electron chi connectivity index (χ2n) is 5.34. The van der Waals surface area contributed by atoms with E-state index in [0.717, 1.165) is 25.7 Å². The van der Waals surface area contributed by atoms with E-state index >= 15 is 0 Å². The first-order valence-corrected chi connectivity index (χ1v) is 7.97. The van der Waals surface area contributed by atoms with Crippen LogP contribution in [0, 0.1) is 0 Å². The van der Waals surface area contributed by atoms with Gasteiger partial charge in [-0.05, 0) is 50.6 Å². The molecule has 3 N–H and O–H groups in total. The van der Waals surface area contributed by atoms with Gasteiger partial charge in [-0.25, -0.2) is 4.79 Å². The summed E-state index contributed by atoms with van der Waals surface area (Å²) in [6.45, 7) is 5.35. The van der Waals surface area contributed by atoms with Gasteiger partial charge in [0.1, 0.15) is 0 Å². The Labute approximate surface area is 137 Å². The van der Waals surface area contributed by atoms with Gasteiger partial charge in [0.2, 0.25) is 0 Å². The van der Waals surface area contributed by atoms with Crippen LogP contribution in [0.3, 0.4) is 0 Å². The molecular formula is C17H26N2O4. The Hall–Kier alpha value is -2.08. The van der Waals surface area contributed by atoms with Crippen LogP contribution >= 0.6 is 0 Å². The number of piperidine rings is 1. The number of carbonyl (C=O) groups excluding carboxylic acids is 1. The van der Waals surface area contributed by atoms with Crippen molar-refractivity contribution in [2.75, 3.05) is 25.0 Å². The molecule has 1 atom stereocenters. The van der Waals surface area contributed by atoms with E-state index in [1.807, 2.05) is 19.1 Å². The maximum Gasteiger partial charge on any atom is 0.338 e. The number of benzene rings is 1. The molecule has 0 aromatic heterocycles. The van der Waals surface area contributed by atoms with Crippen molar-refractivity contribution in [3.8, 4) is 0 Å². The first-order valence-electron chi connectivity index (χ1n) is 7.97. The quantitative estimate of drug-likeness (QED) is 0.722. The molecule has 6 heteroatoms. The van der Waals surface area contributed by atoms with E-state index in [4.69, 9.17) is 14.6 Å². The lowest BCUT2D eigenvalue weighted by molar-refractivity contribution is -0.134. The second-order valence-corrected chi connectivity index (χ2v) is 5.34. The molecule has 2 rings (SSSR count). The number of carboxylic acid groups (broad SMARTS) is 1. The molecule has 1 unspecified atom stereocenters. The summed E-state index contributed by atoms with van der Waals surface area (Å²) in [6.07, 6.45) is 3.82. The number of hydrogen-bond donors (Lipinski definition) is 3. The van der Waals surface area contributed by atoms with Gasteiger partial charge in [0.15, 0.2) is 0 Å². The Morgan fingerprint density at radius 1 is 1.30 bits per heavy atom. The Balaban J connectivity index is 0.000000593. The van der Waals surface area contributed by atoms with Crippen LogP contribution in [0.15, 0.2) is 24.3 Å². The number of carbonyl (C=O) groups is 2. The smallest absolute Gasteiger partial charge is 0.338 e. The predicted octanol–water partition coefficient (Wildman–Crippen LogP) is 2.51. The first-order chi connectivity index (χ1) is 11.0. The number of aliphatic carboxylic acids is 1. The number of esters is 1. The summed E-state index contributed by atoms with van der Waals surface area (Å²) in [7, 11) is 0. The van der Waals surface area contributed by atoms with Gasteiger partial charge < -0.3 is 20.5 Å². The molecule has 23 heavy (non-hydrogen) atoms. The zero-order valence-electron chi connectivity index (χ0n) is 13.8. The van der Waals surface area contributed by atoms with Crippen LogP contribution in [0.5, 0.6) is 0 Å². The second kappa shape index (κ2) is 10.6. The molecule has 0 amide bonds. The summed E-state index contributed by atoms with van der Waals surface area (Å²) in [5, 5.41) is 14.3. The van der Waals surface area contributed by atoms with Crippen molar-refractivity contribution in [1.29, 1.82) is 0 Å². The van der Waals surface area contributed by atoms with Crippen molar-refractivity contribution >= 4 is 17.6 Å². The topological polar surface area (TPSA) is 87.7 Å². The monoisotopic (exact) mass is 322 g/mol. The van der Waals surface area contributed by atoms with Gasteiger partial charge in [0.25, 0.3) is 5.97 Å². The molecule has 1 heterocycles. The molecule has 1 aromatic carbocycles. The minimum absolute atomic E-state index is 0.261. The standard InChI is InChI=1S/C15H22N2O2.C2H4O2/c1-2-19-15(18)12-6-8-13(9-7-12)17-11-14-5-3-4-10-16-14;1-2(3)4/h6-9,14,16-17H,2-5,10-11H2,1H3;1H3,(H,3,4). The highest BCUT2D eigenvalue weighted by Crippen LogP contribution is 2.12. The first kappa shape index (κ1) is 19.0. The lowest BCUT2D eigenvalue weighted by Crippen LogP contribution is -2.39. The summed E-state index contributed by atoms with van der Waals surface area (Å²) < 4.78 is 4.95. The van der Waals surface area contributed by atoms with E-state index < -0.39 is 5.97 Å². The molecule has 0 saturated carbocycles. The lowest BCUT2D eigenvalue weighted by atomic mass is 10.1. The molecule has 0 bridgehead atoms. The largest absolute Gasteiger partial charge is 0.481 e. The van der Waals surface area contributed by atoms with E-state index in [9.17, 15) is 4.79 Å². The number of rotatable bonds is 5. The molecule has 1 aromatic rings. The van der Waals surface area contributed by atoms with Crippen molar-refractivity contribution in [3.63, 3.8) is 0 Å². The molecule has 1 fully saturated rings. The fraction of sp³-hybridized carbons (Fsp3) is 0.529. The molecule has 128 valence electrons. The molecule has 0 radical (unpaired) electrons. The number of hydrogen-bond acceptors (Lipinski definition) is 5. The van der Waals surface area contributed by atoms with Crippen LogP contribution in [-0.4, -0.2) is 42.8 Å². The van der Waals surface area contributed by atoms with Crippen LogP contribution in [-0.2, 0) is 9.53 Å². The number of nitrogens with one attached hydrogen (secondary N) is 2. The zero-order chi connectivity index (χ0) is 17.1. The average Bonchev–Trinajstić information content (AvgIpc) is 2.54. The zero-order valence-corrected chi connectivity index (χ0v) is 13.8. The van der Waals surface area contributed by atoms with Crippen LogP contribution in [0.25, 0.3) is 0 Å². The van der Waals surface area contributed by atoms with Gasteiger partial charge in [-0.15, -0.1) is 0 Å². The van der Waals surface area contributed by atoms with E-state index in [1.54, 1.807) is 12.1 Å². The summed E-state index contributed by atoms with van der Waals surface area (Å²) in [5.74, 6) is -1.09. The summed E-state index contributed by atoms with van der Waals surface area (Å²) in [4.78, 5) is 20.5. The van der Waals surface area contributed by atoms with Crippen molar-refractivity contribution in [2.45, 2.75) is 39.2 Å². The Kier molecular flexibility index (Phi) is 8.75. The molecule has 1 aliphatic rings. The van der Waals surface area contributed by atoms with Crippen LogP contribution in [0.1, 0.15) is 43.5 Å². The van der Waals surface area contributed by atoms with Gasteiger partial charge in [0, 0.05) is 25.2 Å². The average molecular weight is 322 g/mol. The summed E-state index contributed by atoms with van der Waals surface area (Å²) in [6, 6.07) is 8.01. The Morgan fingerprint density at radius 2 is 1.96 bits per heavy atom. The number of carboxylic acids is 1. The van der Waals surface area contributed by atoms with Crippen molar-refractivity contribution < 1.29 is 19.4 Å². The van der Waals surface area contributed by atoms with E-state index in [-0.39, 0.29) is 5.97 Å². The minimum Gasteiger partial charge on any atom is -0.481 e. The highest BCUT2D eigenvalue weighted by molar-refractivity contribution is 5.89. The van der Waals surface area contributed by atoms with Crippen LogP contribution in [0.2, 0.25) is 0 Å². The molecule has 6 nitrogen and oxygen atoms in total. The molecular weight excluding hydrogens is 296 g/mol. The fourth-order valence-electron chi connectivity index (χ4n) is 2.28. The minimum atomic E-state index is -0.833. The predicted molar refractivity (Wildman–Crippen MR) is 89.8 cm³/mol. The van der Waals surface area contributed by atoms with E-state index in [2.05, 4.69) is 10.6 Å². The van der Waals surface area contributed by atoms with Crippen molar-refractivity contribution in [3.05, 3.63) is 29.8 Å². The van der Waals surface area contributed by atoms with Gasteiger partial charge >= 0.3 is 5.97 Å². The highest BCUT2D eigenvalue weighted by atomic mass is 16.5. The van der Waals surface area contributed by atoms with E-state index in [1.165, 1.54) is 19.3 Å². The third kappa shape index (κ3) is 8.21. The van der Waals surface area contributed by atoms with Crippen molar-refractivity contribution in [2.24, 2.45) is 0 Å². The van der Waals surface area contributed by atoms with Gasteiger partial charge in [-0.3, -0.25) is 4.79 Å². The van der Waals surface area contributed by atoms with E-state index in [0.29, 0.717) is 18.2 Å². The van der Waals surface area contributed by atoms with Crippen LogP contribution in [0.4, 0.5) is 5.69 Å².